The molecule has 1 aromatic heterocycles. The molecule has 0 aliphatic rings. The third-order valence-electron chi connectivity index (χ3n) is 2.97. The largest absolute Gasteiger partial charge is 0.352 e. The standard InChI is InChI=1S/C15H17N5O2/c1-16-15(19-11-13-6-2-3-8-17-13)18-10-12-5-4-7-14(9-12)20(21)22/h2-9H,10-11H2,1H3,(H2,16,18,19). The number of nitrogens with one attached hydrogen (secondary N) is 2. The van der Waals surface area contributed by atoms with Crippen molar-refractivity contribution in [3.8, 4) is 0 Å². The first-order valence-corrected chi connectivity index (χ1v) is 6.77. The fourth-order valence-electron chi connectivity index (χ4n) is 1.86. The lowest BCUT2D eigenvalue weighted by atomic mass is 10.2. The van der Waals surface area contributed by atoms with E-state index in [0.29, 0.717) is 19.0 Å². The first-order chi connectivity index (χ1) is 10.7. The Morgan fingerprint density at radius 3 is 2.73 bits per heavy atom. The molecule has 0 aliphatic carbocycles. The molecule has 2 N–H and O–H groups in total. The van der Waals surface area contributed by atoms with Gasteiger partial charge in [-0.3, -0.25) is 20.1 Å². The summed E-state index contributed by atoms with van der Waals surface area (Å²) in [6.45, 7) is 0.999. The van der Waals surface area contributed by atoms with Crippen LogP contribution in [0.15, 0.2) is 53.7 Å². The number of non-ortho nitro benzene ring substituents is 1. The number of nitrogens with zero attached hydrogens (tertiary/aromatic N) is 3. The Morgan fingerprint density at radius 1 is 1.23 bits per heavy atom. The third-order valence-corrected chi connectivity index (χ3v) is 2.97. The zero-order valence-corrected chi connectivity index (χ0v) is 12.2. The lowest BCUT2D eigenvalue weighted by molar-refractivity contribution is -0.384. The number of nitro groups is 1. The lowest BCUT2D eigenvalue weighted by Gasteiger charge is -2.11. The van der Waals surface area contributed by atoms with Crippen molar-refractivity contribution in [1.82, 2.24) is 15.6 Å². The second-order valence-electron chi connectivity index (χ2n) is 4.53. The summed E-state index contributed by atoms with van der Waals surface area (Å²) in [5, 5.41) is 17.0. The first kappa shape index (κ1) is 15.4. The summed E-state index contributed by atoms with van der Waals surface area (Å²) in [4.78, 5) is 18.7. The highest BCUT2D eigenvalue weighted by molar-refractivity contribution is 5.79. The number of aliphatic imine (C=N–C) groups is 1. The number of nitro benzene ring substituents is 1. The van der Waals surface area contributed by atoms with Crippen molar-refractivity contribution >= 4 is 11.6 Å². The molecule has 2 aromatic rings. The summed E-state index contributed by atoms with van der Waals surface area (Å²) in [5.74, 6) is 0.608. The van der Waals surface area contributed by atoms with Crippen LogP contribution in [0.4, 0.5) is 5.69 Å². The Bertz CT molecular complexity index is 658. The number of hydrogen-bond acceptors (Lipinski definition) is 4. The third kappa shape index (κ3) is 4.55. The maximum absolute atomic E-state index is 10.7. The fourth-order valence-corrected chi connectivity index (χ4v) is 1.86. The summed E-state index contributed by atoms with van der Waals surface area (Å²) < 4.78 is 0. The first-order valence-electron chi connectivity index (χ1n) is 6.77. The van der Waals surface area contributed by atoms with Gasteiger partial charge in [0, 0.05) is 31.9 Å². The molecule has 0 saturated carbocycles. The smallest absolute Gasteiger partial charge is 0.269 e. The number of benzene rings is 1. The second kappa shape index (κ2) is 7.72. The normalized spacial score (nSPS) is 11.0. The molecule has 0 aliphatic heterocycles. The number of pyridine rings is 1. The molecule has 0 spiro atoms. The molecule has 7 heteroatoms. The molecule has 0 atom stereocenters. The summed E-state index contributed by atoms with van der Waals surface area (Å²) in [6, 6.07) is 12.2. The Balaban J connectivity index is 1.89. The van der Waals surface area contributed by atoms with Crippen molar-refractivity contribution < 1.29 is 4.92 Å². The minimum atomic E-state index is -0.405. The van der Waals surface area contributed by atoms with Gasteiger partial charge in [-0.25, -0.2) is 0 Å². The highest BCUT2D eigenvalue weighted by Gasteiger charge is 2.06. The van der Waals surface area contributed by atoms with Gasteiger partial charge < -0.3 is 10.6 Å². The molecule has 2 rings (SSSR count). The Labute approximate surface area is 128 Å². The Kier molecular flexibility index (Phi) is 5.42. The number of guanidine groups is 1. The van der Waals surface area contributed by atoms with Crippen LogP contribution in [0.3, 0.4) is 0 Å². The quantitative estimate of drug-likeness (QED) is 0.380. The van der Waals surface area contributed by atoms with Gasteiger partial charge in [-0.05, 0) is 17.7 Å². The summed E-state index contributed by atoms with van der Waals surface area (Å²) in [7, 11) is 1.67. The fraction of sp³-hybridized carbons (Fsp3) is 0.200. The van der Waals surface area contributed by atoms with E-state index in [-0.39, 0.29) is 5.69 Å². The monoisotopic (exact) mass is 299 g/mol. The molecule has 0 fully saturated rings. The molecule has 1 heterocycles. The zero-order chi connectivity index (χ0) is 15.8. The molecular weight excluding hydrogens is 282 g/mol. The van der Waals surface area contributed by atoms with E-state index in [2.05, 4.69) is 20.6 Å². The van der Waals surface area contributed by atoms with Crippen molar-refractivity contribution in [3.05, 3.63) is 70.0 Å². The molecule has 22 heavy (non-hydrogen) atoms. The van der Waals surface area contributed by atoms with Gasteiger partial charge in [0.15, 0.2) is 5.96 Å². The van der Waals surface area contributed by atoms with Crippen molar-refractivity contribution in [2.24, 2.45) is 4.99 Å². The van der Waals surface area contributed by atoms with Crippen LogP contribution in [0.1, 0.15) is 11.3 Å². The minimum Gasteiger partial charge on any atom is -0.352 e. The molecular formula is C15H17N5O2. The highest BCUT2D eigenvalue weighted by atomic mass is 16.6. The lowest BCUT2D eigenvalue weighted by Crippen LogP contribution is -2.36. The molecule has 0 saturated heterocycles. The van der Waals surface area contributed by atoms with Crippen LogP contribution in [-0.4, -0.2) is 22.9 Å². The van der Waals surface area contributed by atoms with Crippen molar-refractivity contribution in [2.75, 3.05) is 7.05 Å². The zero-order valence-electron chi connectivity index (χ0n) is 12.2. The van der Waals surface area contributed by atoms with E-state index in [1.165, 1.54) is 6.07 Å². The van der Waals surface area contributed by atoms with Gasteiger partial charge in [-0.1, -0.05) is 18.2 Å². The van der Waals surface area contributed by atoms with Crippen LogP contribution in [-0.2, 0) is 13.1 Å². The maximum atomic E-state index is 10.7. The van der Waals surface area contributed by atoms with Crippen LogP contribution in [0.5, 0.6) is 0 Å². The molecule has 1 aromatic carbocycles. The van der Waals surface area contributed by atoms with Gasteiger partial charge in [0.1, 0.15) is 0 Å². The Morgan fingerprint density at radius 2 is 2.05 bits per heavy atom. The van der Waals surface area contributed by atoms with Gasteiger partial charge in [0.05, 0.1) is 17.2 Å². The predicted molar refractivity (Wildman–Crippen MR) is 84.4 cm³/mol. The van der Waals surface area contributed by atoms with Gasteiger partial charge in [-0.2, -0.15) is 0 Å². The highest BCUT2D eigenvalue weighted by Crippen LogP contribution is 2.12. The van der Waals surface area contributed by atoms with E-state index in [9.17, 15) is 10.1 Å². The molecule has 0 unspecified atom stereocenters. The average molecular weight is 299 g/mol. The van der Waals surface area contributed by atoms with Gasteiger partial charge in [-0.15, -0.1) is 0 Å². The van der Waals surface area contributed by atoms with Gasteiger partial charge in [0.25, 0.3) is 5.69 Å². The number of hydrogen-bond donors (Lipinski definition) is 2. The van der Waals surface area contributed by atoms with Crippen LogP contribution < -0.4 is 10.6 Å². The van der Waals surface area contributed by atoms with Crippen molar-refractivity contribution in [3.63, 3.8) is 0 Å². The van der Waals surface area contributed by atoms with E-state index in [1.54, 1.807) is 25.4 Å². The molecule has 0 amide bonds. The van der Waals surface area contributed by atoms with E-state index in [4.69, 9.17) is 0 Å². The Hall–Kier alpha value is -2.96. The number of aromatic nitrogens is 1. The molecule has 0 radical (unpaired) electrons. The predicted octanol–water partition coefficient (Wildman–Crippen LogP) is 1.85. The SMILES string of the molecule is CN=C(NCc1cccc([N+](=O)[O-])c1)NCc1ccccn1. The molecule has 114 valence electrons. The minimum absolute atomic E-state index is 0.0794. The van der Waals surface area contributed by atoms with Crippen molar-refractivity contribution in [1.29, 1.82) is 0 Å². The maximum Gasteiger partial charge on any atom is 0.269 e. The van der Waals surface area contributed by atoms with E-state index < -0.39 is 4.92 Å². The summed E-state index contributed by atoms with van der Waals surface area (Å²) >= 11 is 0. The van der Waals surface area contributed by atoms with Crippen LogP contribution >= 0.6 is 0 Å². The van der Waals surface area contributed by atoms with E-state index >= 15 is 0 Å². The second-order valence-corrected chi connectivity index (χ2v) is 4.53. The van der Waals surface area contributed by atoms with Crippen LogP contribution in [0, 0.1) is 10.1 Å². The van der Waals surface area contributed by atoms with Gasteiger partial charge >= 0.3 is 0 Å². The van der Waals surface area contributed by atoms with Crippen LogP contribution in [0.25, 0.3) is 0 Å². The van der Waals surface area contributed by atoms with Crippen LogP contribution in [0.2, 0.25) is 0 Å². The van der Waals surface area contributed by atoms with E-state index in [1.807, 2.05) is 24.3 Å². The van der Waals surface area contributed by atoms with Crippen molar-refractivity contribution in [2.45, 2.75) is 13.1 Å². The average Bonchev–Trinajstić information content (AvgIpc) is 2.56. The van der Waals surface area contributed by atoms with E-state index in [0.717, 1.165) is 11.3 Å². The number of rotatable bonds is 5. The topological polar surface area (TPSA) is 92.5 Å². The van der Waals surface area contributed by atoms with Gasteiger partial charge in [0.2, 0.25) is 0 Å². The summed E-state index contributed by atoms with van der Waals surface area (Å²) in [5.41, 5.74) is 1.80. The summed E-state index contributed by atoms with van der Waals surface area (Å²) in [6.07, 6.45) is 1.73. The molecule has 0 bridgehead atoms. The molecule has 7 nitrogen and oxygen atoms in total.